The van der Waals surface area contributed by atoms with Gasteiger partial charge in [-0.15, -0.1) is 0 Å². The zero-order valence-corrected chi connectivity index (χ0v) is 16.0. The largest absolute Gasteiger partial charge is 0.497 e. The van der Waals surface area contributed by atoms with E-state index >= 15 is 0 Å². The van der Waals surface area contributed by atoms with Gasteiger partial charge in [-0.05, 0) is 61.9 Å². The number of nitriles is 1. The number of benzene rings is 2. The summed E-state index contributed by atoms with van der Waals surface area (Å²) < 4.78 is 11.0. The molecule has 0 saturated carbocycles. The lowest BCUT2D eigenvalue weighted by molar-refractivity contribution is 0.229. The number of anilines is 1. The van der Waals surface area contributed by atoms with Crippen LogP contribution in [0.2, 0.25) is 0 Å². The first kappa shape index (κ1) is 17.7. The molecule has 0 N–H and O–H groups in total. The van der Waals surface area contributed by atoms with Crippen molar-refractivity contribution in [3.8, 4) is 17.6 Å². The molecule has 0 aromatic heterocycles. The van der Waals surface area contributed by atoms with Crippen molar-refractivity contribution in [2.24, 2.45) is 0 Å². The van der Waals surface area contributed by atoms with Crippen LogP contribution in [-0.2, 0) is 5.41 Å². The summed E-state index contributed by atoms with van der Waals surface area (Å²) in [5, 5.41) is 10.2. The Hall–Kier alpha value is -2.67. The smallest absolute Gasteiger partial charge is 0.142 e. The van der Waals surface area contributed by atoms with Crippen molar-refractivity contribution >= 4 is 5.69 Å². The van der Waals surface area contributed by atoms with Gasteiger partial charge >= 0.3 is 0 Å². The van der Waals surface area contributed by atoms with Gasteiger partial charge in [-0.2, -0.15) is 5.26 Å². The van der Waals surface area contributed by atoms with E-state index in [0.29, 0.717) is 12.1 Å². The highest BCUT2D eigenvalue weighted by molar-refractivity contribution is 5.61. The van der Waals surface area contributed by atoms with Crippen LogP contribution in [0.15, 0.2) is 48.5 Å². The van der Waals surface area contributed by atoms with Crippen molar-refractivity contribution in [1.29, 1.82) is 5.26 Å². The van der Waals surface area contributed by atoms with Gasteiger partial charge < -0.3 is 14.4 Å². The molecule has 2 aromatic carbocycles. The molecule has 0 spiro atoms. The zero-order valence-electron chi connectivity index (χ0n) is 16.0. The average molecular weight is 362 g/mol. The summed E-state index contributed by atoms with van der Waals surface area (Å²) in [5.74, 6) is 1.74. The Morgan fingerprint density at radius 2 is 1.74 bits per heavy atom. The number of fused-ring (bicyclic) bond motifs is 2. The van der Waals surface area contributed by atoms with Crippen molar-refractivity contribution in [3.63, 3.8) is 0 Å². The van der Waals surface area contributed by atoms with E-state index in [1.807, 2.05) is 30.3 Å². The minimum atomic E-state index is -0.456. The number of piperidine rings is 2. The van der Waals surface area contributed by atoms with Crippen molar-refractivity contribution in [3.05, 3.63) is 54.1 Å². The van der Waals surface area contributed by atoms with Crippen LogP contribution in [0.25, 0.3) is 0 Å². The van der Waals surface area contributed by atoms with E-state index in [4.69, 9.17) is 9.47 Å². The van der Waals surface area contributed by atoms with Gasteiger partial charge in [0, 0.05) is 12.1 Å². The third-order valence-electron chi connectivity index (χ3n) is 6.23. The van der Waals surface area contributed by atoms with E-state index in [-0.39, 0.29) is 0 Å². The van der Waals surface area contributed by atoms with Crippen LogP contribution in [0.1, 0.15) is 37.7 Å². The molecule has 0 unspecified atom stereocenters. The Morgan fingerprint density at radius 3 is 2.41 bits per heavy atom. The summed E-state index contributed by atoms with van der Waals surface area (Å²) in [6.07, 6.45) is 5.13. The quantitative estimate of drug-likeness (QED) is 0.792. The lowest BCUT2D eigenvalue weighted by Gasteiger charge is -2.53. The summed E-state index contributed by atoms with van der Waals surface area (Å²) in [5.41, 5.74) is 1.79. The Kier molecular flexibility index (Phi) is 4.70. The number of ether oxygens (including phenoxy) is 2. The first-order valence-electron chi connectivity index (χ1n) is 9.68. The Morgan fingerprint density at radius 1 is 1.00 bits per heavy atom. The summed E-state index contributed by atoms with van der Waals surface area (Å²) in [4.78, 5) is 2.53. The third kappa shape index (κ3) is 3.02. The lowest BCUT2D eigenvalue weighted by atomic mass is 9.65. The molecule has 2 aliphatic rings. The number of rotatable bonds is 4. The highest BCUT2D eigenvalue weighted by Gasteiger charge is 2.48. The molecule has 2 bridgehead atoms. The van der Waals surface area contributed by atoms with Gasteiger partial charge in [-0.1, -0.05) is 24.3 Å². The van der Waals surface area contributed by atoms with Crippen LogP contribution < -0.4 is 14.4 Å². The summed E-state index contributed by atoms with van der Waals surface area (Å²) >= 11 is 0. The predicted octanol–water partition coefficient (Wildman–Crippen LogP) is 4.69. The summed E-state index contributed by atoms with van der Waals surface area (Å²) in [6, 6.07) is 19.7. The van der Waals surface area contributed by atoms with Crippen LogP contribution in [0.3, 0.4) is 0 Å². The van der Waals surface area contributed by atoms with Crippen LogP contribution in [-0.4, -0.2) is 26.3 Å². The van der Waals surface area contributed by atoms with E-state index in [1.165, 1.54) is 6.42 Å². The fourth-order valence-electron chi connectivity index (χ4n) is 5.00. The van der Waals surface area contributed by atoms with Gasteiger partial charge in [0.05, 0.1) is 31.4 Å². The van der Waals surface area contributed by atoms with E-state index < -0.39 is 5.41 Å². The maximum atomic E-state index is 10.2. The van der Waals surface area contributed by atoms with Crippen LogP contribution >= 0.6 is 0 Å². The van der Waals surface area contributed by atoms with Gasteiger partial charge in [0.15, 0.2) is 0 Å². The molecular formula is C23H26N2O2. The number of hydrogen-bond acceptors (Lipinski definition) is 4. The Balaban J connectivity index is 1.73. The molecule has 4 heteroatoms. The summed E-state index contributed by atoms with van der Waals surface area (Å²) in [6.45, 7) is 0. The Bertz CT molecular complexity index is 843. The molecule has 2 heterocycles. The standard InChI is InChI=1S/C23H26N2O2/c1-26-20-10-5-7-17(13-20)23(16-24)14-18-8-6-9-19(15-23)25(18)21-11-3-4-12-22(21)27-2/h3-5,7,10-13,18-19H,6,8-9,14-15H2,1-2H3/t18-,19+,23-. The minimum absolute atomic E-state index is 0.347. The lowest BCUT2D eigenvalue weighted by Crippen LogP contribution is -2.56. The molecule has 2 fully saturated rings. The molecule has 4 rings (SSSR count). The monoisotopic (exact) mass is 362 g/mol. The number of hydrogen-bond donors (Lipinski definition) is 0. The summed E-state index contributed by atoms with van der Waals surface area (Å²) in [7, 11) is 3.41. The van der Waals surface area contributed by atoms with Crippen molar-refractivity contribution in [1.82, 2.24) is 0 Å². The van der Waals surface area contributed by atoms with E-state index in [9.17, 15) is 5.26 Å². The molecular weight excluding hydrogens is 336 g/mol. The van der Waals surface area contributed by atoms with Gasteiger partial charge in [0.2, 0.25) is 0 Å². The normalized spacial score (nSPS) is 26.9. The Labute approximate surface area is 161 Å². The van der Waals surface area contributed by atoms with Crippen LogP contribution in [0, 0.1) is 11.3 Å². The maximum Gasteiger partial charge on any atom is 0.142 e. The molecule has 0 amide bonds. The molecule has 2 aliphatic heterocycles. The number of nitrogens with zero attached hydrogens (tertiary/aromatic N) is 2. The second-order valence-electron chi connectivity index (χ2n) is 7.65. The first-order chi connectivity index (χ1) is 13.2. The third-order valence-corrected chi connectivity index (χ3v) is 6.23. The van der Waals surface area contributed by atoms with E-state index in [1.54, 1.807) is 14.2 Å². The van der Waals surface area contributed by atoms with E-state index in [0.717, 1.165) is 48.4 Å². The predicted molar refractivity (Wildman–Crippen MR) is 106 cm³/mol. The van der Waals surface area contributed by atoms with E-state index in [2.05, 4.69) is 29.2 Å². The topological polar surface area (TPSA) is 45.5 Å². The molecule has 2 saturated heterocycles. The molecule has 27 heavy (non-hydrogen) atoms. The number of methoxy groups -OCH3 is 2. The average Bonchev–Trinajstić information content (AvgIpc) is 2.72. The molecule has 140 valence electrons. The first-order valence-corrected chi connectivity index (χ1v) is 9.68. The molecule has 3 atom stereocenters. The molecule has 4 nitrogen and oxygen atoms in total. The second kappa shape index (κ2) is 7.15. The molecule has 2 aromatic rings. The number of para-hydroxylation sites is 2. The van der Waals surface area contributed by atoms with Crippen molar-refractivity contribution in [2.75, 3.05) is 19.1 Å². The minimum Gasteiger partial charge on any atom is -0.497 e. The zero-order chi connectivity index (χ0) is 18.9. The second-order valence-corrected chi connectivity index (χ2v) is 7.65. The van der Waals surface area contributed by atoms with Crippen molar-refractivity contribution < 1.29 is 9.47 Å². The van der Waals surface area contributed by atoms with Gasteiger partial charge in [-0.3, -0.25) is 0 Å². The highest BCUT2D eigenvalue weighted by Crippen LogP contribution is 2.49. The van der Waals surface area contributed by atoms with Gasteiger partial charge in [0.25, 0.3) is 0 Å². The SMILES string of the molecule is COc1cccc([C@]2(C#N)C[C@H]3CCC[C@@H](C2)N3c2ccccc2OC)c1. The van der Waals surface area contributed by atoms with Crippen molar-refractivity contribution in [2.45, 2.75) is 49.6 Å². The fraction of sp³-hybridized carbons (Fsp3) is 0.435. The van der Waals surface area contributed by atoms with Crippen LogP contribution in [0.4, 0.5) is 5.69 Å². The fourth-order valence-corrected chi connectivity index (χ4v) is 5.00. The van der Waals surface area contributed by atoms with Gasteiger partial charge in [-0.25, -0.2) is 0 Å². The molecule has 0 aliphatic carbocycles. The van der Waals surface area contributed by atoms with Gasteiger partial charge in [0.1, 0.15) is 11.5 Å². The van der Waals surface area contributed by atoms with Crippen LogP contribution in [0.5, 0.6) is 11.5 Å². The molecule has 0 radical (unpaired) electrons. The highest BCUT2D eigenvalue weighted by atomic mass is 16.5. The maximum absolute atomic E-state index is 10.2.